The van der Waals surface area contributed by atoms with Crippen LogP contribution in [0.5, 0.6) is 11.8 Å². The molecule has 0 unspecified atom stereocenters. The summed E-state index contributed by atoms with van der Waals surface area (Å²) in [6, 6.07) is 15.6. The van der Waals surface area contributed by atoms with Crippen molar-refractivity contribution >= 4 is 45.1 Å². The van der Waals surface area contributed by atoms with Crippen molar-refractivity contribution in [3.8, 4) is 23.2 Å². The smallest absolute Gasteiger partial charge is 0.327 e. The van der Waals surface area contributed by atoms with E-state index >= 15 is 0 Å². The quantitative estimate of drug-likeness (QED) is 0.213. The molecule has 2 aliphatic rings. The molecule has 0 bridgehead atoms. The van der Waals surface area contributed by atoms with E-state index in [0.717, 1.165) is 40.4 Å². The topological polar surface area (TPSA) is 76.9 Å². The molecule has 10 heteroatoms. The molecule has 0 N–H and O–H groups in total. The number of rotatable bonds is 4. The fraction of sp³-hybridized carbons (Fsp3) is 0.174. The van der Waals surface area contributed by atoms with Gasteiger partial charge in [0, 0.05) is 22.9 Å². The highest BCUT2D eigenvalue weighted by Gasteiger charge is 2.17. The van der Waals surface area contributed by atoms with Gasteiger partial charge in [-0.15, -0.1) is 0 Å². The zero-order valence-corrected chi connectivity index (χ0v) is 20.0. The summed E-state index contributed by atoms with van der Waals surface area (Å²) in [6.45, 7) is 6.06. The summed E-state index contributed by atoms with van der Waals surface area (Å²) >= 11 is 11.8. The van der Waals surface area contributed by atoms with E-state index in [9.17, 15) is 0 Å². The fourth-order valence-corrected chi connectivity index (χ4v) is 4.08. The molecule has 0 saturated heterocycles. The molecule has 0 radical (unpaired) electrons. The average Bonchev–Trinajstić information content (AvgIpc) is 2.78. The zero-order chi connectivity index (χ0) is 22.2. The van der Waals surface area contributed by atoms with E-state index in [1.807, 2.05) is 36.4 Å². The molecular formula is C23H18Cl3N5O2. The van der Waals surface area contributed by atoms with Crippen molar-refractivity contribution in [2.75, 3.05) is 13.1 Å². The van der Waals surface area contributed by atoms with Gasteiger partial charge in [0.1, 0.15) is 30.0 Å². The molecule has 2 heterocycles. The van der Waals surface area contributed by atoms with Gasteiger partial charge >= 0.3 is 6.01 Å². The van der Waals surface area contributed by atoms with Crippen LogP contribution in [0.15, 0.2) is 52.9 Å². The van der Waals surface area contributed by atoms with E-state index in [0.29, 0.717) is 17.1 Å². The molecule has 33 heavy (non-hydrogen) atoms. The molecule has 1 aliphatic carbocycles. The molecule has 0 amide bonds. The summed E-state index contributed by atoms with van der Waals surface area (Å²) < 4.78 is 14.5. The highest BCUT2D eigenvalue weighted by atomic mass is 35.5. The van der Waals surface area contributed by atoms with Gasteiger partial charge in [0.15, 0.2) is 11.3 Å². The minimum absolute atomic E-state index is 0. The van der Waals surface area contributed by atoms with Crippen LogP contribution >= 0.6 is 23.2 Å². The van der Waals surface area contributed by atoms with E-state index in [4.69, 9.17) is 37.3 Å². The van der Waals surface area contributed by atoms with Gasteiger partial charge in [0.2, 0.25) is 15.9 Å². The van der Waals surface area contributed by atoms with Crippen LogP contribution in [0.25, 0.3) is 33.3 Å². The minimum Gasteiger partial charge on any atom is -1.00 e. The third-order valence-electron chi connectivity index (χ3n) is 5.23. The lowest BCUT2D eigenvalue weighted by Gasteiger charge is -2.12. The molecule has 168 valence electrons. The number of aromatic nitrogens is 4. The highest BCUT2D eigenvalue weighted by molar-refractivity contribution is 6.31. The molecule has 5 rings (SSSR count). The molecule has 0 saturated carbocycles. The van der Waals surface area contributed by atoms with Crippen molar-refractivity contribution in [3.05, 3.63) is 64.5 Å². The number of hydrogen-bond acceptors (Lipinski definition) is 6. The lowest BCUT2D eigenvalue weighted by atomic mass is 10.1. The predicted molar refractivity (Wildman–Crippen MR) is 124 cm³/mol. The normalized spacial score (nSPS) is 11.0. The lowest BCUT2D eigenvalue weighted by molar-refractivity contribution is -0.00000778. The summed E-state index contributed by atoms with van der Waals surface area (Å²) in [5.74, 6) is 1.19. The van der Waals surface area contributed by atoms with E-state index in [1.165, 1.54) is 0 Å². The Labute approximate surface area is 205 Å². The van der Waals surface area contributed by atoms with Crippen LogP contribution in [-0.4, -0.2) is 33.0 Å². The van der Waals surface area contributed by atoms with Crippen LogP contribution in [0.1, 0.15) is 13.8 Å². The van der Waals surface area contributed by atoms with Crippen molar-refractivity contribution < 1.29 is 21.6 Å². The Bertz CT molecular complexity index is 1490. The van der Waals surface area contributed by atoms with Crippen molar-refractivity contribution in [2.24, 2.45) is 0 Å². The molecule has 7 nitrogen and oxygen atoms in total. The second-order valence-corrected chi connectivity index (χ2v) is 7.74. The summed E-state index contributed by atoms with van der Waals surface area (Å²) in [5, 5.41) is 2.69. The largest absolute Gasteiger partial charge is 1.00 e. The van der Waals surface area contributed by atoms with Gasteiger partial charge < -0.3 is 21.6 Å². The third-order valence-corrected chi connectivity index (χ3v) is 5.57. The minimum atomic E-state index is -0.0497. The SMILES string of the molecule is CC[N+](CC)=c1ccc2nc3c(cc(Oc4nc(Cl)nc(Cl)n4)c4ccccc43)oc-2c1.[Cl-]. The molecule has 3 aromatic rings. The Hall–Kier alpha value is -3.00. The van der Waals surface area contributed by atoms with Gasteiger partial charge in [-0.3, -0.25) is 0 Å². The first-order valence-corrected chi connectivity index (χ1v) is 10.9. The second kappa shape index (κ2) is 9.47. The first-order chi connectivity index (χ1) is 15.6. The maximum Gasteiger partial charge on any atom is 0.327 e. The number of benzene rings is 3. The van der Waals surface area contributed by atoms with E-state index in [-0.39, 0.29) is 29.0 Å². The maximum atomic E-state index is 6.29. The van der Waals surface area contributed by atoms with Crippen molar-refractivity contribution in [3.63, 3.8) is 0 Å². The molecule has 2 aromatic carbocycles. The summed E-state index contributed by atoms with van der Waals surface area (Å²) in [7, 11) is 0. The Balaban J connectivity index is 0.00000259. The zero-order valence-electron chi connectivity index (χ0n) is 17.7. The fourth-order valence-electron chi connectivity index (χ4n) is 3.73. The number of ether oxygens (including phenoxy) is 1. The van der Waals surface area contributed by atoms with Gasteiger partial charge in [-0.25, -0.2) is 9.56 Å². The van der Waals surface area contributed by atoms with Gasteiger partial charge in [0.05, 0.1) is 6.07 Å². The van der Waals surface area contributed by atoms with Crippen LogP contribution in [0.4, 0.5) is 0 Å². The monoisotopic (exact) mass is 501 g/mol. The Morgan fingerprint density at radius 1 is 0.879 bits per heavy atom. The third kappa shape index (κ3) is 4.44. The highest BCUT2D eigenvalue weighted by Crippen LogP contribution is 2.36. The second-order valence-electron chi connectivity index (χ2n) is 7.06. The van der Waals surface area contributed by atoms with Gasteiger partial charge in [-0.2, -0.15) is 15.0 Å². The molecule has 0 spiro atoms. The van der Waals surface area contributed by atoms with Crippen LogP contribution in [0.3, 0.4) is 0 Å². The summed E-state index contributed by atoms with van der Waals surface area (Å²) in [6.07, 6.45) is 0. The number of hydrogen-bond donors (Lipinski definition) is 0. The van der Waals surface area contributed by atoms with E-state index < -0.39 is 0 Å². The number of halogens is 3. The summed E-state index contributed by atoms with van der Waals surface area (Å²) in [4.78, 5) is 16.6. The van der Waals surface area contributed by atoms with Crippen LogP contribution in [0.2, 0.25) is 10.6 Å². The molecule has 1 aromatic heterocycles. The lowest BCUT2D eigenvalue weighted by Crippen LogP contribution is -3.00. The average molecular weight is 503 g/mol. The van der Waals surface area contributed by atoms with Gasteiger partial charge in [-0.05, 0) is 43.1 Å². The standard InChI is InChI=1S/C23H18Cl2N5O2.ClH/c1-3-30(4-2)13-9-10-16-18(11-13)31-19-12-17(32-23-28-21(24)27-22(25)29-23)14-7-5-6-8-15(14)20(19)26-16;/h5-12H,3-4H2,1-2H3;1H/q+1;/p-1. The van der Waals surface area contributed by atoms with E-state index in [2.05, 4.69) is 39.4 Å². The Morgan fingerprint density at radius 2 is 1.58 bits per heavy atom. The van der Waals surface area contributed by atoms with Crippen LogP contribution in [0, 0.1) is 0 Å². The molecule has 0 atom stereocenters. The van der Waals surface area contributed by atoms with Crippen LogP contribution < -0.4 is 27.1 Å². The van der Waals surface area contributed by atoms with Crippen molar-refractivity contribution in [2.45, 2.75) is 13.8 Å². The maximum absolute atomic E-state index is 6.29. The van der Waals surface area contributed by atoms with E-state index in [1.54, 1.807) is 6.07 Å². The molecule has 0 fully saturated rings. The first kappa shape index (κ1) is 23.2. The summed E-state index contributed by atoms with van der Waals surface area (Å²) in [5.41, 5.74) is 2.10. The van der Waals surface area contributed by atoms with Crippen molar-refractivity contribution in [1.82, 2.24) is 24.5 Å². The number of fused-ring (bicyclic) bond motifs is 4. The van der Waals surface area contributed by atoms with Gasteiger partial charge in [-0.1, -0.05) is 24.3 Å². The van der Waals surface area contributed by atoms with Crippen molar-refractivity contribution in [1.29, 1.82) is 0 Å². The molecule has 1 aliphatic heterocycles. The number of nitrogens with zero attached hydrogens (tertiary/aromatic N) is 5. The van der Waals surface area contributed by atoms with Crippen LogP contribution in [-0.2, 0) is 0 Å². The van der Waals surface area contributed by atoms with Gasteiger partial charge in [0.25, 0.3) is 0 Å². The first-order valence-electron chi connectivity index (χ1n) is 10.1. The molecular weight excluding hydrogens is 485 g/mol. The Kier molecular flexibility index (Phi) is 6.65. The predicted octanol–water partition coefficient (Wildman–Crippen LogP) is 2.19. The Morgan fingerprint density at radius 3 is 2.27 bits per heavy atom.